The van der Waals surface area contributed by atoms with Gasteiger partial charge in [0.05, 0.1) is 10.6 Å². The van der Waals surface area contributed by atoms with Crippen LogP contribution in [0.5, 0.6) is 0 Å². The van der Waals surface area contributed by atoms with Gasteiger partial charge in [0.1, 0.15) is 12.6 Å². The highest BCUT2D eigenvalue weighted by Crippen LogP contribution is 2.26. The SMILES string of the molecule is CCCNC(=O)C(C)N(CCc1ccccc1)C(=O)CN(c1cccc(C)c1)S(=O)(=O)c1ccc(Cl)cc1. The topological polar surface area (TPSA) is 86.8 Å². The lowest BCUT2D eigenvalue weighted by Crippen LogP contribution is -2.52. The zero-order valence-corrected chi connectivity index (χ0v) is 23.5. The third-order valence-electron chi connectivity index (χ3n) is 6.17. The Balaban J connectivity index is 1.96. The monoisotopic (exact) mass is 555 g/mol. The van der Waals surface area contributed by atoms with Crippen molar-refractivity contribution in [3.05, 3.63) is 95.0 Å². The van der Waals surface area contributed by atoms with Crippen molar-refractivity contribution in [2.24, 2.45) is 0 Å². The van der Waals surface area contributed by atoms with Crippen LogP contribution in [0.25, 0.3) is 0 Å². The Kier molecular flexibility index (Phi) is 10.3. The van der Waals surface area contributed by atoms with Crippen molar-refractivity contribution in [3.8, 4) is 0 Å². The van der Waals surface area contributed by atoms with Crippen LogP contribution in [-0.2, 0) is 26.0 Å². The van der Waals surface area contributed by atoms with Crippen LogP contribution in [0.4, 0.5) is 5.69 Å². The number of hydrogen-bond acceptors (Lipinski definition) is 4. The van der Waals surface area contributed by atoms with Crippen LogP contribution in [0.3, 0.4) is 0 Å². The van der Waals surface area contributed by atoms with E-state index in [4.69, 9.17) is 11.6 Å². The summed E-state index contributed by atoms with van der Waals surface area (Å²) >= 11 is 5.98. The molecule has 0 fully saturated rings. The summed E-state index contributed by atoms with van der Waals surface area (Å²) < 4.78 is 28.6. The molecular weight excluding hydrogens is 522 g/mol. The number of anilines is 1. The molecule has 0 spiro atoms. The molecule has 2 amide bonds. The van der Waals surface area contributed by atoms with Gasteiger partial charge in [0.2, 0.25) is 11.8 Å². The molecule has 1 atom stereocenters. The van der Waals surface area contributed by atoms with Crippen molar-refractivity contribution in [1.82, 2.24) is 10.2 Å². The minimum absolute atomic E-state index is 0.0146. The van der Waals surface area contributed by atoms with E-state index in [1.54, 1.807) is 25.1 Å². The molecule has 3 aromatic rings. The standard InChI is InChI=1S/C29H34ClN3O4S/c1-4-18-31-29(35)23(3)32(19-17-24-10-6-5-7-11-24)28(34)21-33(26-12-8-9-22(2)20-26)38(36,37)27-15-13-25(30)14-16-27/h5-16,20,23H,4,17-19,21H2,1-3H3,(H,31,35). The molecule has 0 saturated heterocycles. The van der Waals surface area contributed by atoms with Gasteiger partial charge in [-0.25, -0.2) is 8.42 Å². The number of aryl methyl sites for hydroxylation is 1. The zero-order chi connectivity index (χ0) is 27.7. The molecule has 7 nitrogen and oxygen atoms in total. The summed E-state index contributed by atoms with van der Waals surface area (Å²) in [5.74, 6) is -0.755. The molecular formula is C29H34ClN3O4S. The highest BCUT2D eigenvalue weighted by atomic mass is 35.5. The summed E-state index contributed by atoms with van der Waals surface area (Å²) in [5, 5.41) is 3.25. The summed E-state index contributed by atoms with van der Waals surface area (Å²) in [5.41, 5.74) is 2.22. The maximum Gasteiger partial charge on any atom is 0.264 e. The summed E-state index contributed by atoms with van der Waals surface area (Å²) in [6, 6.07) is 21.7. The van der Waals surface area contributed by atoms with E-state index in [-0.39, 0.29) is 17.3 Å². The highest BCUT2D eigenvalue weighted by Gasteiger charge is 2.32. The average molecular weight is 556 g/mol. The fourth-order valence-corrected chi connectivity index (χ4v) is 5.54. The molecule has 0 aromatic heterocycles. The number of carbonyl (C=O) groups is 2. The molecule has 0 bridgehead atoms. The molecule has 3 rings (SSSR count). The Labute approximate surface area is 230 Å². The Morgan fingerprint density at radius 3 is 2.29 bits per heavy atom. The van der Waals surface area contributed by atoms with Crippen molar-refractivity contribution in [1.29, 1.82) is 0 Å². The van der Waals surface area contributed by atoms with Crippen LogP contribution < -0.4 is 9.62 Å². The van der Waals surface area contributed by atoms with Gasteiger partial charge in [-0.05, 0) is 74.2 Å². The molecule has 1 N–H and O–H groups in total. The van der Waals surface area contributed by atoms with Crippen molar-refractivity contribution in [3.63, 3.8) is 0 Å². The van der Waals surface area contributed by atoms with E-state index >= 15 is 0 Å². The van der Waals surface area contributed by atoms with Crippen molar-refractivity contribution >= 4 is 39.1 Å². The number of sulfonamides is 1. The van der Waals surface area contributed by atoms with E-state index in [2.05, 4.69) is 5.32 Å². The predicted molar refractivity (Wildman–Crippen MR) is 152 cm³/mol. The molecule has 0 aliphatic carbocycles. The van der Waals surface area contributed by atoms with Gasteiger partial charge in [-0.1, -0.05) is 61.0 Å². The Morgan fingerprint density at radius 2 is 1.66 bits per heavy atom. The summed E-state index contributed by atoms with van der Waals surface area (Å²) in [7, 11) is -4.12. The number of benzene rings is 3. The Morgan fingerprint density at radius 1 is 0.974 bits per heavy atom. The van der Waals surface area contributed by atoms with Crippen LogP contribution in [0.2, 0.25) is 5.02 Å². The van der Waals surface area contributed by atoms with Gasteiger partial charge in [-0.3, -0.25) is 13.9 Å². The van der Waals surface area contributed by atoms with Gasteiger partial charge >= 0.3 is 0 Å². The normalized spacial score (nSPS) is 12.0. The third-order valence-corrected chi connectivity index (χ3v) is 8.21. The van der Waals surface area contributed by atoms with E-state index < -0.39 is 28.5 Å². The summed E-state index contributed by atoms with van der Waals surface area (Å²) in [4.78, 5) is 28.1. The van der Waals surface area contributed by atoms with Crippen molar-refractivity contribution in [2.45, 2.75) is 44.6 Å². The quantitative estimate of drug-likeness (QED) is 0.347. The number of amides is 2. The van der Waals surface area contributed by atoms with E-state index in [9.17, 15) is 18.0 Å². The molecule has 0 aliphatic heterocycles. The fraction of sp³-hybridized carbons (Fsp3) is 0.310. The van der Waals surface area contributed by atoms with E-state index in [1.807, 2.05) is 50.2 Å². The van der Waals surface area contributed by atoms with Gasteiger partial charge < -0.3 is 10.2 Å². The van der Waals surface area contributed by atoms with E-state index in [0.717, 1.165) is 21.9 Å². The molecule has 1 unspecified atom stereocenters. The first kappa shape index (κ1) is 29.2. The number of carbonyl (C=O) groups excluding carboxylic acids is 2. The van der Waals surface area contributed by atoms with Crippen LogP contribution in [0.15, 0.2) is 83.8 Å². The summed E-state index contributed by atoms with van der Waals surface area (Å²) in [6.45, 7) is 5.75. The number of halogens is 1. The molecule has 202 valence electrons. The number of hydrogen-bond donors (Lipinski definition) is 1. The molecule has 0 heterocycles. The Hall–Kier alpha value is -3.36. The van der Waals surface area contributed by atoms with Gasteiger partial charge in [-0.15, -0.1) is 0 Å². The first-order valence-corrected chi connectivity index (χ1v) is 14.4. The average Bonchev–Trinajstić information content (AvgIpc) is 2.91. The molecule has 38 heavy (non-hydrogen) atoms. The maximum absolute atomic E-state index is 13.8. The van der Waals surface area contributed by atoms with E-state index in [1.165, 1.54) is 29.2 Å². The maximum atomic E-state index is 13.8. The second kappa shape index (κ2) is 13.4. The van der Waals surface area contributed by atoms with Gasteiger partial charge in [0.15, 0.2) is 0 Å². The van der Waals surface area contributed by atoms with Gasteiger partial charge in [0, 0.05) is 18.1 Å². The fourth-order valence-electron chi connectivity index (χ4n) is 4.01. The second-order valence-corrected chi connectivity index (χ2v) is 11.4. The number of nitrogens with one attached hydrogen (secondary N) is 1. The number of nitrogens with zero attached hydrogens (tertiary/aromatic N) is 2. The van der Waals surface area contributed by atoms with Gasteiger partial charge in [0.25, 0.3) is 10.0 Å². The van der Waals surface area contributed by atoms with Crippen LogP contribution >= 0.6 is 11.6 Å². The van der Waals surface area contributed by atoms with Gasteiger partial charge in [-0.2, -0.15) is 0 Å². The van der Waals surface area contributed by atoms with Crippen molar-refractivity contribution < 1.29 is 18.0 Å². The van der Waals surface area contributed by atoms with Crippen LogP contribution in [-0.4, -0.2) is 50.8 Å². The second-order valence-electron chi connectivity index (χ2n) is 9.09. The largest absolute Gasteiger partial charge is 0.354 e. The smallest absolute Gasteiger partial charge is 0.264 e. The van der Waals surface area contributed by atoms with E-state index in [0.29, 0.717) is 23.7 Å². The molecule has 3 aromatic carbocycles. The van der Waals surface area contributed by atoms with Crippen LogP contribution in [0, 0.1) is 6.92 Å². The summed E-state index contributed by atoms with van der Waals surface area (Å²) in [6.07, 6.45) is 1.28. The lowest BCUT2D eigenvalue weighted by molar-refractivity contribution is -0.138. The minimum Gasteiger partial charge on any atom is -0.354 e. The molecule has 0 aliphatic rings. The van der Waals surface area contributed by atoms with Crippen LogP contribution in [0.1, 0.15) is 31.4 Å². The first-order valence-electron chi connectivity index (χ1n) is 12.6. The highest BCUT2D eigenvalue weighted by molar-refractivity contribution is 7.92. The predicted octanol–water partition coefficient (Wildman–Crippen LogP) is 4.83. The molecule has 9 heteroatoms. The molecule has 0 saturated carbocycles. The van der Waals surface area contributed by atoms with Crippen molar-refractivity contribution in [2.75, 3.05) is 23.9 Å². The first-order chi connectivity index (χ1) is 18.1. The third kappa shape index (κ3) is 7.58. The number of rotatable bonds is 12. The minimum atomic E-state index is -4.12. The zero-order valence-electron chi connectivity index (χ0n) is 21.9. The lowest BCUT2D eigenvalue weighted by Gasteiger charge is -2.32. The molecule has 0 radical (unpaired) electrons. The Bertz CT molecular complexity index is 1330. The lowest BCUT2D eigenvalue weighted by atomic mass is 10.1.